The summed E-state index contributed by atoms with van der Waals surface area (Å²) in [5.74, 6) is -1.53. The van der Waals surface area contributed by atoms with Crippen molar-refractivity contribution in [1.82, 2.24) is 10.2 Å². The van der Waals surface area contributed by atoms with Crippen LogP contribution in [0.25, 0.3) is 0 Å². The van der Waals surface area contributed by atoms with Crippen molar-refractivity contribution in [3.8, 4) is 0 Å². The highest BCUT2D eigenvalue weighted by atomic mass is 16.4. The zero-order valence-electron chi connectivity index (χ0n) is 10.1. The lowest BCUT2D eigenvalue weighted by Gasteiger charge is -2.26. The molecule has 0 spiro atoms. The van der Waals surface area contributed by atoms with E-state index in [1.165, 1.54) is 18.9 Å². The average Bonchev–Trinajstić information content (AvgIpc) is 2.50. The molecular formula is C11H18N2O4. The summed E-state index contributed by atoms with van der Waals surface area (Å²) in [6.07, 6.45) is 2.57. The second-order valence-electron chi connectivity index (χ2n) is 4.33. The SMILES string of the molecule is CC(C(=O)O)N(C)C(=O)C1CCCCC(=O)N1. The first kappa shape index (κ1) is 13.5. The van der Waals surface area contributed by atoms with Crippen LogP contribution < -0.4 is 5.32 Å². The highest BCUT2D eigenvalue weighted by Gasteiger charge is 2.29. The minimum absolute atomic E-state index is 0.141. The first-order valence-corrected chi connectivity index (χ1v) is 5.72. The molecule has 1 aliphatic rings. The Balaban J connectivity index is 2.67. The number of nitrogens with zero attached hydrogens (tertiary/aromatic N) is 1. The lowest BCUT2D eigenvalue weighted by molar-refractivity contribution is -0.149. The third kappa shape index (κ3) is 3.44. The molecule has 6 heteroatoms. The minimum Gasteiger partial charge on any atom is -0.480 e. The maximum Gasteiger partial charge on any atom is 0.326 e. The van der Waals surface area contributed by atoms with Gasteiger partial charge >= 0.3 is 5.97 Å². The number of nitrogens with one attached hydrogen (secondary N) is 1. The van der Waals surface area contributed by atoms with Crippen LogP contribution in [0.1, 0.15) is 32.6 Å². The Morgan fingerprint density at radius 2 is 2.12 bits per heavy atom. The van der Waals surface area contributed by atoms with Gasteiger partial charge in [0.2, 0.25) is 11.8 Å². The summed E-state index contributed by atoms with van der Waals surface area (Å²) in [6.45, 7) is 1.44. The van der Waals surface area contributed by atoms with Crippen molar-refractivity contribution in [2.24, 2.45) is 0 Å². The fourth-order valence-electron chi connectivity index (χ4n) is 1.76. The van der Waals surface area contributed by atoms with E-state index in [4.69, 9.17) is 5.11 Å². The topological polar surface area (TPSA) is 86.7 Å². The number of rotatable bonds is 3. The maximum atomic E-state index is 12.0. The van der Waals surface area contributed by atoms with Crippen LogP contribution in [0.3, 0.4) is 0 Å². The number of likely N-dealkylation sites (N-methyl/N-ethyl adjacent to an activating group) is 1. The van der Waals surface area contributed by atoms with Crippen LogP contribution >= 0.6 is 0 Å². The molecule has 96 valence electrons. The molecule has 17 heavy (non-hydrogen) atoms. The number of carbonyl (C=O) groups is 3. The molecule has 2 N–H and O–H groups in total. The largest absolute Gasteiger partial charge is 0.480 e. The van der Waals surface area contributed by atoms with Crippen molar-refractivity contribution < 1.29 is 19.5 Å². The van der Waals surface area contributed by atoms with Gasteiger partial charge in [-0.1, -0.05) is 6.42 Å². The molecule has 0 aliphatic carbocycles. The number of carboxylic acid groups (broad SMARTS) is 1. The van der Waals surface area contributed by atoms with E-state index < -0.39 is 18.1 Å². The lowest BCUT2D eigenvalue weighted by Crippen LogP contribution is -2.50. The first-order chi connectivity index (χ1) is 7.93. The number of hydrogen-bond donors (Lipinski definition) is 2. The van der Waals surface area contributed by atoms with Gasteiger partial charge in [0.15, 0.2) is 0 Å². The first-order valence-electron chi connectivity index (χ1n) is 5.72. The smallest absolute Gasteiger partial charge is 0.326 e. The van der Waals surface area contributed by atoms with Crippen molar-refractivity contribution in [3.63, 3.8) is 0 Å². The fraction of sp³-hybridized carbons (Fsp3) is 0.727. The van der Waals surface area contributed by atoms with Gasteiger partial charge in [0, 0.05) is 13.5 Å². The number of hydrogen-bond acceptors (Lipinski definition) is 3. The van der Waals surface area contributed by atoms with Crippen LogP contribution in [0.5, 0.6) is 0 Å². The van der Waals surface area contributed by atoms with Crippen LogP contribution in [0, 0.1) is 0 Å². The average molecular weight is 242 g/mol. The van der Waals surface area contributed by atoms with Crippen molar-refractivity contribution in [2.75, 3.05) is 7.05 Å². The van der Waals surface area contributed by atoms with Gasteiger partial charge in [0.25, 0.3) is 0 Å². The monoisotopic (exact) mass is 242 g/mol. The number of carbonyl (C=O) groups excluding carboxylic acids is 2. The van der Waals surface area contributed by atoms with Gasteiger partial charge in [-0.05, 0) is 19.8 Å². The van der Waals surface area contributed by atoms with E-state index in [1.54, 1.807) is 0 Å². The molecule has 0 aromatic carbocycles. The summed E-state index contributed by atoms with van der Waals surface area (Å²) in [5, 5.41) is 11.5. The Labute approximate surface area is 100.0 Å². The molecule has 2 unspecified atom stereocenters. The summed E-state index contributed by atoms with van der Waals surface area (Å²) >= 11 is 0. The van der Waals surface area contributed by atoms with E-state index in [1.807, 2.05) is 0 Å². The Morgan fingerprint density at radius 3 is 2.71 bits per heavy atom. The quantitative estimate of drug-likeness (QED) is 0.728. The van der Waals surface area contributed by atoms with E-state index in [0.717, 1.165) is 12.8 Å². The molecule has 6 nitrogen and oxygen atoms in total. The molecule has 0 radical (unpaired) electrons. The summed E-state index contributed by atoms with van der Waals surface area (Å²) in [6, 6.07) is -1.47. The van der Waals surface area contributed by atoms with Crippen molar-refractivity contribution in [1.29, 1.82) is 0 Å². The van der Waals surface area contributed by atoms with Crippen LogP contribution in [0.2, 0.25) is 0 Å². The van der Waals surface area contributed by atoms with E-state index in [-0.39, 0.29) is 11.8 Å². The molecule has 1 rings (SSSR count). The van der Waals surface area contributed by atoms with E-state index >= 15 is 0 Å². The molecule has 2 atom stereocenters. The van der Waals surface area contributed by atoms with E-state index in [2.05, 4.69) is 5.32 Å². The van der Waals surface area contributed by atoms with Crippen molar-refractivity contribution in [2.45, 2.75) is 44.7 Å². The predicted octanol–water partition coefficient (Wildman–Crippen LogP) is -0.0233. The van der Waals surface area contributed by atoms with Gasteiger partial charge in [0.1, 0.15) is 12.1 Å². The normalized spacial score (nSPS) is 22.2. The van der Waals surface area contributed by atoms with Crippen LogP contribution in [-0.4, -0.2) is 46.9 Å². The molecule has 1 aliphatic heterocycles. The molecule has 2 amide bonds. The molecule has 0 aromatic rings. The number of amides is 2. The molecule has 0 aromatic heterocycles. The second-order valence-corrected chi connectivity index (χ2v) is 4.33. The zero-order valence-corrected chi connectivity index (χ0v) is 10.1. The Hall–Kier alpha value is -1.59. The maximum absolute atomic E-state index is 12.0. The molecular weight excluding hydrogens is 224 g/mol. The molecule has 1 saturated heterocycles. The van der Waals surface area contributed by atoms with Gasteiger partial charge < -0.3 is 15.3 Å². The van der Waals surface area contributed by atoms with Gasteiger partial charge in [-0.2, -0.15) is 0 Å². The fourth-order valence-corrected chi connectivity index (χ4v) is 1.76. The van der Waals surface area contributed by atoms with Crippen molar-refractivity contribution >= 4 is 17.8 Å². The van der Waals surface area contributed by atoms with Gasteiger partial charge in [-0.25, -0.2) is 4.79 Å². The van der Waals surface area contributed by atoms with Gasteiger partial charge in [-0.3, -0.25) is 9.59 Å². The highest BCUT2D eigenvalue weighted by molar-refractivity contribution is 5.90. The predicted molar refractivity (Wildman–Crippen MR) is 60.3 cm³/mol. The number of aliphatic carboxylic acids is 1. The number of carboxylic acids is 1. The molecule has 0 saturated carbocycles. The Kier molecular flexibility index (Phi) is 4.48. The summed E-state index contributed by atoms with van der Waals surface area (Å²) < 4.78 is 0. The summed E-state index contributed by atoms with van der Waals surface area (Å²) in [7, 11) is 1.44. The van der Waals surface area contributed by atoms with Gasteiger partial charge in [0.05, 0.1) is 0 Å². The third-order valence-corrected chi connectivity index (χ3v) is 3.07. The van der Waals surface area contributed by atoms with Crippen LogP contribution in [0.4, 0.5) is 0 Å². The standard InChI is InChI=1S/C11H18N2O4/c1-7(11(16)17)13(2)10(15)8-5-3-4-6-9(14)12-8/h7-8H,3-6H2,1-2H3,(H,12,14)(H,16,17). The summed E-state index contributed by atoms with van der Waals surface area (Å²) in [4.78, 5) is 35.3. The van der Waals surface area contributed by atoms with Gasteiger partial charge in [-0.15, -0.1) is 0 Å². The minimum atomic E-state index is -1.05. The molecule has 0 bridgehead atoms. The van der Waals surface area contributed by atoms with Crippen molar-refractivity contribution in [3.05, 3.63) is 0 Å². The third-order valence-electron chi connectivity index (χ3n) is 3.07. The van der Waals surface area contributed by atoms with E-state index in [9.17, 15) is 14.4 Å². The molecule has 1 fully saturated rings. The molecule has 1 heterocycles. The van der Waals surface area contributed by atoms with Crippen LogP contribution in [0.15, 0.2) is 0 Å². The van der Waals surface area contributed by atoms with E-state index in [0.29, 0.717) is 12.8 Å². The Bertz CT molecular complexity index is 329. The highest BCUT2D eigenvalue weighted by Crippen LogP contribution is 2.12. The second kappa shape index (κ2) is 5.65. The summed E-state index contributed by atoms with van der Waals surface area (Å²) in [5.41, 5.74) is 0. The van der Waals surface area contributed by atoms with Crippen LogP contribution in [-0.2, 0) is 14.4 Å². The Morgan fingerprint density at radius 1 is 1.47 bits per heavy atom. The lowest BCUT2D eigenvalue weighted by atomic mass is 10.1. The zero-order chi connectivity index (χ0) is 13.0.